The van der Waals surface area contributed by atoms with Gasteiger partial charge in [-0.3, -0.25) is 4.79 Å². The van der Waals surface area contributed by atoms with E-state index in [1.54, 1.807) is 6.92 Å². The van der Waals surface area contributed by atoms with Gasteiger partial charge in [-0.15, -0.1) is 0 Å². The molecule has 0 aliphatic heterocycles. The van der Waals surface area contributed by atoms with Crippen molar-refractivity contribution in [1.82, 2.24) is 0 Å². The molecule has 66 valence electrons. The molecular formula is C9H18O2. The number of aliphatic hydroxyl groups is 1. The molecule has 1 unspecified atom stereocenters. The zero-order chi connectivity index (χ0) is 9.07. The Hall–Kier alpha value is -0.370. The van der Waals surface area contributed by atoms with E-state index in [2.05, 4.69) is 0 Å². The highest BCUT2D eigenvalue weighted by Crippen LogP contribution is 2.20. The molecule has 0 rings (SSSR count). The Morgan fingerprint density at radius 1 is 1.55 bits per heavy atom. The van der Waals surface area contributed by atoms with Crippen molar-refractivity contribution in [2.24, 2.45) is 5.92 Å². The van der Waals surface area contributed by atoms with Crippen LogP contribution in [0.15, 0.2) is 0 Å². The van der Waals surface area contributed by atoms with Crippen molar-refractivity contribution >= 4 is 5.78 Å². The minimum absolute atomic E-state index is 0.128. The van der Waals surface area contributed by atoms with Crippen molar-refractivity contribution in [3.63, 3.8) is 0 Å². The predicted octanol–water partition coefficient (Wildman–Crippen LogP) is 1.76. The number of carbonyl (C=O) groups is 1. The normalized spacial score (nSPS) is 16.5. The lowest BCUT2D eigenvalue weighted by atomic mass is 9.87. The molecule has 0 radical (unpaired) electrons. The Balaban J connectivity index is 4.01. The van der Waals surface area contributed by atoms with Gasteiger partial charge < -0.3 is 5.11 Å². The summed E-state index contributed by atoms with van der Waals surface area (Å²) in [6.45, 7) is 7.37. The minimum Gasteiger partial charge on any atom is -0.389 e. The molecule has 0 spiro atoms. The van der Waals surface area contributed by atoms with E-state index in [9.17, 15) is 9.90 Å². The van der Waals surface area contributed by atoms with Crippen LogP contribution >= 0.6 is 0 Å². The van der Waals surface area contributed by atoms with Crippen LogP contribution in [0.2, 0.25) is 0 Å². The van der Waals surface area contributed by atoms with Gasteiger partial charge in [0.2, 0.25) is 0 Å². The van der Waals surface area contributed by atoms with E-state index in [-0.39, 0.29) is 18.1 Å². The van der Waals surface area contributed by atoms with Gasteiger partial charge in [0, 0.05) is 12.8 Å². The molecule has 0 heterocycles. The van der Waals surface area contributed by atoms with E-state index in [4.69, 9.17) is 0 Å². The van der Waals surface area contributed by atoms with Gasteiger partial charge in [-0.1, -0.05) is 20.8 Å². The number of hydrogen-bond acceptors (Lipinski definition) is 2. The molecule has 1 atom stereocenters. The van der Waals surface area contributed by atoms with Crippen molar-refractivity contribution in [3.8, 4) is 0 Å². The number of hydrogen-bond donors (Lipinski definition) is 1. The molecule has 2 nitrogen and oxygen atoms in total. The van der Waals surface area contributed by atoms with Crippen molar-refractivity contribution in [3.05, 3.63) is 0 Å². The fraction of sp³-hybridized carbons (Fsp3) is 0.889. The van der Waals surface area contributed by atoms with E-state index < -0.39 is 5.60 Å². The third kappa shape index (κ3) is 3.51. The van der Waals surface area contributed by atoms with Gasteiger partial charge in [-0.2, -0.15) is 0 Å². The number of ketones is 1. The first-order valence-corrected chi connectivity index (χ1v) is 4.14. The van der Waals surface area contributed by atoms with Crippen LogP contribution in [0.5, 0.6) is 0 Å². The lowest BCUT2D eigenvalue weighted by molar-refractivity contribution is -0.124. The van der Waals surface area contributed by atoms with Crippen LogP contribution in [0.25, 0.3) is 0 Å². The predicted molar refractivity (Wildman–Crippen MR) is 45.4 cm³/mol. The second kappa shape index (κ2) is 3.86. The molecule has 0 saturated carbocycles. The Morgan fingerprint density at radius 2 is 2.00 bits per heavy atom. The summed E-state index contributed by atoms with van der Waals surface area (Å²) < 4.78 is 0. The third-order valence-corrected chi connectivity index (χ3v) is 2.19. The van der Waals surface area contributed by atoms with E-state index in [0.29, 0.717) is 6.42 Å². The lowest BCUT2D eigenvalue weighted by Crippen LogP contribution is -2.33. The molecule has 0 saturated heterocycles. The monoisotopic (exact) mass is 158 g/mol. The SMILES string of the molecule is CCC(=O)CC(C)(O)C(C)C. The summed E-state index contributed by atoms with van der Waals surface area (Å²) in [4.78, 5) is 11.0. The van der Waals surface area contributed by atoms with Crippen LogP contribution in [0.4, 0.5) is 0 Å². The average Bonchev–Trinajstić information content (AvgIpc) is 1.86. The second-order valence-corrected chi connectivity index (χ2v) is 3.58. The van der Waals surface area contributed by atoms with Gasteiger partial charge in [0.25, 0.3) is 0 Å². The molecule has 0 fully saturated rings. The first-order chi connectivity index (χ1) is 4.90. The highest BCUT2D eigenvalue weighted by Gasteiger charge is 2.26. The molecule has 1 N–H and O–H groups in total. The highest BCUT2D eigenvalue weighted by molar-refractivity contribution is 5.79. The smallest absolute Gasteiger partial charge is 0.135 e. The largest absolute Gasteiger partial charge is 0.389 e. The van der Waals surface area contributed by atoms with Crippen molar-refractivity contribution in [1.29, 1.82) is 0 Å². The third-order valence-electron chi connectivity index (χ3n) is 2.19. The second-order valence-electron chi connectivity index (χ2n) is 3.58. The molecule has 0 aromatic heterocycles. The highest BCUT2D eigenvalue weighted by atomic mass is 16.3. The van der Waals surface area contributed by atoms with E-state index in [1.807, 2.05) is 20.8 Å². The maximum absolute atomic E-state index is 11.0. The van der Waals surface area contributed by atoms with E-state index in [1.165, 1.54) is 0 Å². The number of Topliss-reactive ketones (excluding diaryl/α,β-unsaturated/α-hetero) is 1. The Bertz CT molecular complexity index is 136. The summed E-state index contributed by atoms with van der Waals surface area (Å²) in [5.41, 5.74) is -0.826. The molecule has 0 aromatic carbocycles. The fourth-order valence-electron chi connectivity index (χ4n) is 0.728. The summed E-state index contributed by atoms with van der Waals surface area (Å²) in [7, 11) is 0. The van der Waals surface area contributed by atoms with Crippen LogP contribution in [0.1, 0.15) is 40.5 Å². The fourth-order valence-corrected chi connectivity index (χ4v) is 0.728. The molecule has 0 bridgehead atoms. The van der Waals surface area contributed by atoms with Crippen LogP contribution in [-0.4, -0.2) is 16.5 Å². The van der Waals surface area contributed by atoms with E-state index >= 15 is 0 Å². The Labute approximate surface area is 68.6 Å². The summed E-state index contributed by atoms with van der Waals surface area (Å²) in [5, 5.41) is 9.67. The van der Waals surface area contributed by atoms with Crippen LogP contribution in [0, 0.1) is 5.92 Å². The maximum Gasteiger partial charge on any atom is 0.135 e. The summed E-state index contributed by atoms with van der Waals surface area (Å²) >= 11 is 0. The molecule has 2 heteroatoms. The van der Waals surface area contributed by atoms with Gasteiger partial charge in [0.05, 0.1) is 5.60 Å². The van der Waals surface area contributed by atoms with Gasteiger partial charge >= 0.3 is 0 Å². The van der Waals surface area contributed by atoms with Crippen LogP contribution < -0.4 is 0 Å². The zero-order valence-corrected chi connectivity index (χ0v) is 7.85. The molecule has 0 aliphatic carbocycles. The van der Waals surface area contributed by atoms with E-state index in [0.717, 1.165) is 0 Å². The van der Waals surface area contributed by atoms with Gasteiger partial charge in [0.15, 0.2) is 0 Å². The molecule has 0 amide bonds. The summed E-state index contributed by atoms with van der Waals surface area (Å²) in [6.07, 6.45) is 0.796. The minimum atomic E-state index is -0.826. The van der Waals surface area contributed by atoms with Crippen molar-refractivity contribution in [2.45, 2.75) is 46.1 Å². The first kappa shape index (κ1) is 10.6. The van der Waals surface area contributed by atoms with Crippen molar-refractivity contribution < 1.29 is 9.90 Å². The zero-order valence-electron chi connectivity index (χ0n) is 7.85. The summed E-state index contributed by atoms with van der Waals surface area (Å²) in [6, 6.07) is 0. The van der Waals surface area contributed by atoms with Crippen molar-refractivity contribution in [2.75, 3.05) is 0 Å². The average molecular weight is 158 g/mol. The molecule has 11 heavy (non-hydrogen) atoms. The number of carbonyl (C=O) groups excluding carboxylic acids is 1. The van der Waals surface area contributed by atoms with Gasteiger partial charge in [-0.05, 0) is 12.8 Å². The first-order valence-electron chi connectivity index (χ1n) is 4.14. The maximum atomic E-state index is 11.0. The standard InChI is InChI=1S/C9H18O2/c1-5-8(10)6-9(4,11)7(2)3/h7,11H,5-6H2,1-4H3. The van der Waals surface area contributed by atoms with Gasteiger partial charge in [0.1, 0.15) is 5.78 Å². The topological polar surface area (TPSA) is 37.3 Å². The molecule has 0 aromatic rings. The van der Waals surface area contributed by atoms with Crippen LogP contribution in [0.3, 0.4) is 0 Å². The quantitative estimate of drug-likeness (QED) is 0.677. The van der Waals surface area contributed by atoms with Gasteiger partial charge in [-0.25, -0.2) is 0 Å². The Morgan fingerprint density at radius 3 is 2.27 bits per heavy atom. The lowest BCUT2D eigenvalue weighted by Gasteiger charge is -2.26. The Kier molecular flexibility index (Phi) is 3.73. The molecular weight excluding hydrogens is 140 g/mol. The number of rotatable bonds is 4. The van der Waals surface area contributed by atoms with Crippen LogP contribution in [-0.2, 0) is 4.79 Å². The summed E-state index contributed by atoms with van der Waals surface area (Å²) in [5.74, 6) is 0.265. The molecule has 0 aliphatic rings.